The molecule has 0 saturated carbocycles. The molecule has 4 aromatic carbocycles. The third kappa shape index (κ3) is 5.50. The summed E-state index contributed by atoms with van der Waals surface area (Å²) in [5.74, 6) is 0. The molecule has 0 aliphatic rings. The summed E-state index contributed by atoms with van der Waals surface area (Å²) in [6.45, 7) is 0. The van der Waals surface area contributed by atoms with E-state index in [4.69, 9.17) is 16.6 Å². The maximum absolute atomic E-state index is 5.98. The number of thioether (sulfide) groups is 1. The van der Waals surface area contributed by atoms with Crippen LogP contribution in [0.15, 0.2) is 131 Å². The monoisotopic (exact) mass is 425 g/mol. The lowest BCUT2D eigenvalue weighted by Crippen LogP contribution is -1.96. The Hall–Kier alpha value is -3.07. The number of aliphatic imine (C=N–C) groups is 1. The van der Waals surface area contributed by atoms with E-state index in [1.54, 1.807) is 11.8 Å². The van der Waals surface area contributed by atoms with Crippen molar-refractivity contribution in [3.63, 3.8) is 0 Å². The van der Waals surface area contributed by atoms with Gasteiger partial charge in [0.1, 0.15) is 0 Å². The zero-order valence-electron chi connectivity index (χ0n) is 16.3. The maximum Gasteiger partial charge on any atom is 0.0714 e. The van der Waals surface area contributed by atoms with Gasteiger partial charge in [-0.25, -0.2) is 4.99 Å². The first kappa shape index (κ1) is 20.2. The molecule has 30 heavy (non-hydrogen) atoms. The number of allylic oxidation sites excluding steroid dienone is 1. The molecule has 0 aromatic heterocycles. The minimum Gasteiger partial charge on any atom is -0.248 e. The number of rotatable bonds is 6. The summed E-state index contributed by atoms with van der Waals surface area (Å²) < 4.78 is 0. The first-order chi connectivity index (χ1) is 14.8. The van der Waals surface area contributed by atoms with Gasteiger partial charge in [-0.3, -0.25) is 0 Å². The molecular weight excluding hydrogens is 406 g/mol. The van der Waals surface area contributed by atoms with Crippen LogP contribution in [0.25, 0.3) is 11.1 Å². The quantitative estimate of drug-likeness (QED) is 0.223. The van der Waals surface area contributed by atoms with E-state index in [0.717, 1.165) is 26.9 Å². The number of halogens is 1. The van der Waals surface area contributed by atoms with Gasteiger partial charge >= 0.3 is 0 Å². The largest absolute Gasteiger partial charge is 0.248 e. The van der Waals surface area contributed by atoms with Gasteiger partial charge in [0.2, 0.25) is 0 Å². The average Bonchev–Trinajstić information content (AvgIpc) is 2.81. The highest BCUT2D eigenvalue weighted by molar-refractivity contribution is 8.02. The number of para-hydroxylation sites is 1. The highest BCUT2D eigenvalue weighted by Gasteiger charge is 2.03. The summed E-state index contributed by atoms with van der Waals surface area (Å²) in [6, 6.07) is 36.8. The molecule has 0 aliphatic carbocycles. The second kappa shape index (κ2) is 10.1. The first-order valence-electron chi connectivity index (χ1n) is 9.66. The van der Waals surface area contributed by atoms with E-state index in [2.05, 4.69) is 60.0 Å². The van der Waals surface area contributed by atoms with E-state index in [1.807, 2.05) is 60.7 Å². The highest BCUT2D eigenvalue weighted by Crippen LogP contribution is 2.24. The zero-order valence-corrected chi connectivity index (χ0v) is 17.9. The SMILES string of the molecule is Clc1ccc(SC=CC(=Nc2ccccc2)c2ccc(-c3ccccc3)cc2)cc1. The summed E-state index contributed by atoms with van der Waals surface area (Å²) in [7, 11) is 0. The molecule has 0 bridgehead atoms. The van der Waals surface area contributed by atoms with Gasteiger partial charge in [-0.2, -0.15) is 0 Å². The molecule has 0 saturated heterocycles. The average molecular weight is 426 g/mol. The number of nitrogens with zero attached hydrogens (tertiary/aromatic N) is 1. The molecule has 4 aromatic rings. The van der Waals surface area contributed by atoms with Gasteiger partial charge in [0.15, 0.2) is 0 Å². The van der Waals surface area contributed by atoms with E-state index in [1.165, 1.54) is 11.1 Å². The lowest BCUT2D eigenvalue weighted by molar-refractivity contribution is 1.47. The smallest absolute Gasteiger partial charge is 0.0714 e. The predicted molar refractivity (Wildman–Crippen MR) is 131 cm³/mol. The predicted octanol–water partition coefficient (Wildman–Crippen LogP) is 8.43. The Morgan fingerprint density at radius 2 is 1.27 bits per heavy atom. The van der Waals surface area contributed by atoms with Crippen molar-refractivity contribution >= 4 is 34.8 Å². The van der Waals surface area contributed by atoms with E-state index in [-0.39, 0.29) is 0 Å². The van der Waals surface area contributed by atoms with Crippen LogP contribution in [0.3, 0.4) is 0 Å². The molecule has 0 atom stereocenters. The fourth-order valence-electron chi connectivity index (χ4n) is 2.99. The van der Waals surface area contributed by atoms with Crippen LogP contribution < -0.4 is 0 Å². The molecule has 1 nitrogen and oxygen atoms in total. The maximum atomic E-state index is 5.98. The van der Waals surface area contributed by atoms with Gasteiger partial charge in [0.05, 0.1) is 11.4 Å². The fraction of sp³-hybridized carbons (Fsp3) is 0. The van der Waals surface area contributed by atoms with Gasteiger partial charge in [-0.1, -0.05) is 96.2 Å². The first-order valence-corrected chi connectivity index (χ1v) is 10.9. The van der Waals surface area contributed by atoms with Crippen molar-refractivity contribution < 1.29 is 0 Å². The number of hydrogen-bond acceptors (Lipinski definition) is 2. The number of hydrogen-bond donors (Lipinski definition) is 0. The van der Waals surface area contributed by atoms with Crippen molar-refractivity contribution in [2.45, 2.75) is 4.90 Å². The Labute approximate surface area is 186 Å². The minimum atomic E-state index is 0.744. The van der Waals surface area contributed by atoms with Crippen molar-refractivity contribution in [3.8, 4) is 11.1 Å². The summed E-state index contributed by atoms with van der Waals surface area (Å²) in [5, 5.41) is 2.81. The Bertz CT molecular complexity index is 1130. The zero-order chi connectivity index (χ0) is 20.6. The molecule has 0 spiro atoms. The molecular formula is C27H20ClNS. The molecule has 4 rings (SSSR count). The second-order valence-electron chi connectivity index (χ2n) is 6.65. The van der Waals surface area contributed by atoms with Crippen molar-refractivity contribution in [1.82, 2.24) is 0 Å². The van der Waals surface area contributed by atoms with E-state index >= 15 is 0 Å². The van der Waals surface area contributed by atoms with Crippen molar-refractivity contribution in [2.24, 2.45) is 4.99 Å². The Balaban J connectivity index is 1.61. The summed E-state index contributed by atoms with van der Waals surface area (Å²) >= 11 is 7.62. The lowest BCUT2D eigenvalue weighted by Gasteiger charge is -2.06. The molecule has 0 aliphatic heterocycles. The molecule has 0 radical (unpaired) electrons. The van der Waals surface area contributed by atoms with E-state index in [0.29, 0.717) is 0 Å². The van der Waals surface area contributed by atoms with Crippen LogP contribution in [0.2, 0.25) is 5.02 Å². The van der Waals surface area contributed by atoms with Gasteiger partial charge in [-0.15, -0.1) is 0 Å². The molecule has 0 fully saturated rings. The highest BCUT2D eigenvalue weighted by atomic mass is 35.5. The second-order valence-corrected chi connectivity index (χ2v) is 8.07. The lowest BCUT2D eigenvalue weighted by atomic mass is 10.0. The van der Waals surface area contributed by atoms with Gasteiger partial charge in [0.25, 0.3) is 0 Å². The van der Waals surface area contributed by atoms with Crippen LogP contribution >= 0.6 is 23.4 Å². The summed E-state index contributed by atoms with van der Waals surface area (Å²) in [4.78, 5) is 6.01. The van der Waals surface area contributed by atoms with E-state index < -0.39 is 0 Å². The summed E-state index contributed by atoms with van der Waals surface area (Å²) in [5.41, 5.74) is 5.33. The molecule has 0 N–H and O–H groups in total. The Morgan fingerprint density at radius 1 is 0.667 bits per heavy atom. The molecule has 0 amide bonds. The Morgan fingerprint density at radius 3 is 1.93 bits per heavy atom. The normalized spacial score (nSPS) is 11.7. The molecule has 0 heterocycles. The third-order valence-corrected chi connectivity index (χ3v) is 5.61. The van der Waals surface area contributed by atoms with Gasteiger partial charge < -0.3 is 0 Å². The van der Waals surface area contributed by atoms with Crippen LogP contribution in [0.4, 0.5) is 5.69 Å². The topological polar surface area (TPSA) is 12.4 Å². The molecule has 3 heteroatoms. The van der Waals surface area contributed by atoms with Gasteiger partial charge in [0, 0.05) is 15.5 Å². The minimum absolute atomic E-state index is 0.744. The van der Waals surface area contributed by atoms with Crippen LogP contribution in [-0.2, 0) is 0 Å². The molecule has 146 valence electrons. The van der Waals surface area contributed by atoms with Crippen molar-refractivity contribution in [2.75, 3.05) is 0 Å². The van der Waals surface area contributed by atoms with Gasteiger partial charge in [-0.05, 0) is 59.0 Å². The van der Waals surface area contributed by atoms with Crippen molar-refractivity contribution in [1.29, 1.82) is 0 Å². The van der Waals surface area contributed by atoms with E-state index in [9.17, 15) is 0 Å². The summed E-state index contributed by atoms with van der Waals surface area (Å²) in [6.07, 6.45) is 2.06. The third-order valence-electron chi connectivity index (χ3n) is 4.54. The Kier molecular flexibility index (Phi) is 6.81. The van der Waals surface area contributed by atoms with Crippen LogP contribution in [0.5, 0.6) is 0 Å². The molecule has 0 unspecified atom stereocenters. The van der Waals surface area contributed by atoms with Crippen molar-refractivity contribution in [3.05, 3.63) is 131 Å². The van der Waals surface area contributed by atoms with Crippen LogP contribution in [-0.4, -0.2) is 5.71 Å². The fourth-order valence-corrected chi connectivity index (χ4v) is 3.77. The number of benzene rings is 4. The van der Waals surface area contributed by atoms with Crippen LogP contribution in [0.1, 0.15) is 5.56 Å². The standard InChI is InChI=1S/C27H20ClNS/c28-24-15-17-26(18-16-24)30-20-19-27(29-25-9-5-2-6-10-25)23-13-11-22(12-14-23)21-7-3-1-4-8-21/h1-20H. The van der Waals surface area contributed by atoms with Crippen LogP contribution in [0, 0.1) is 0 Å².